The average molecular weight is 579 g/mol. The van der Waals surface area contributed by atoms with E-state index in [0.29, 0.717) is 0 Å². The largest absolute Gasteiger partial charge is 0.0622 e. The van der Waals surface area contributed by atoms with E-state index < -0.39 is 0 Å². The molecule has 11 aromatic carbocycles. The third-order valence-electron chi connectivity index (χ3n) is 10.5. The minimum Gasteiger partial charge on any atom is -0.0622 e. The zero-order valence-electron chi connectivity index (χ0n) is 25.0. The lowest BCUT2D eigenvalue weighted by Gasteiger charge is -2.17. The molecule has 0 heterocycles. The van der Waals surface area contributed by atoms with Gasteiger partial charge in [0.1, 0.15) is 0 Å². The van der Waals surface area contributed by atoms with Gasteiger partial charge in [0.15, 0.2) is 0 Å². The lowest BCUT2D eigenvalue weighted by atomic mass is 9.85. The molecule has 0 bridgehead atoms. The van der Waals surface area contributed by atoms with Crippen molar-refractivity contribution in [2.45, 2.75) is 0 Å². The van der Waals surface area contributed by atoms with Crippen molar-refractivity contribution in [3.05, 3.63) is 158 Å². The van der Waals surface area contributed by atoms with Crippen LogP contribution in [-0.2, 0) is 0 Å². The standard InChI is InChI=1S/C46H26/c1-3-12-28(13-4-1)42-38-25-36-33-20-9-17-27-18-10-21-34(41(27)33)37(36)26-39(38)43(29-14-5-2-6-15-29)46-40-24-30-16-7-8-19-31(30)32-22-11-23-35(44(32)40)45(42)46/h1-26H. The highest BCUT2D eigenvalue weighted by Gasteiger charge is 2.25. The van der Waals surface area contributed by atoms with Gasteiger partial charge in [-0.1, -0.05) is 140 Å². The Balaban J connectivity index is 1.50. The highest BCUT2D eigenvalue weighted by atomic mass is 14.3. The maximum absolute atomic E-state index is 2.51. The van der Waals surface area contributed by atoms with Crippen LogP contribution in [0.5, 0.6) is 0 Å². The number of benzene rings is 9. The minimum atomic E-state index is 1.26. The van der Waals surface area contributed by atoms with Gasteiger partial charge in [0.25, 0.3) is 0 Å². The molecule has 46 heavy (non-hydrogen) atoms. The first-order valence-electron chi connectivity index (χ1n) is 16.1. The van der Waals surface area contributed by atoms with Crippen molar-refractivity contribution < 1.29 is 0 Å². The fourth-order valence-electron chi connectivity index (χ4n) is 8.68. The van der Waals surface area contributed by atoms with Crippen LogP contribution in [-0.4, -0.2) is 0 Å². The molecule has 0 aromatic heterocycles. The van der Waals surface area contributed by atoms with Crippen LogP contribution in [0.2, 0.25) is 0 Å². The lowest BCUT2D eigenvalue weighted by molar-refractivity contribution is 1.68. The maximum atomic E-state index is 2.51. The second kappa shape index (κ2) is 8.81. The zero-order valence-corrected chi connectivity index (χ0v) is 25.0. The summed E-state index contributed by atoms with van der Waals surface area (Å²) in [4.78, 5) is 0. The van der Waals surface area contributed by atoms with Crippen molar-refractivity contribution in [2.75, 3.05) is 0 Å². The molecular formula is C46H26. The monoisotopic (exact) mass is 578 g/mol. The average Bonchev–Trinajstić information content (AvgIpc) is 3.61. The Morgan fingerprint density at radius 3 is 1.30 bits per heavy atom. The Bertz CT molecular complexity index is 2980. The van der Waals surface area contributed by atoms with Gasteiger partial charge in [-0.05, 0) is 127 Å². The van der Waals surface area contributed by atoms with E-state index >= 15 is 0 Å². The van der Waals surface area contributed by atoms with Gasteiger partial charge in [0.05, 0.1) is 0 Å². The molecule has 0 nitrogen and oxygen atoms in total. The topological polar surface area (TPSA) is 0 Å². The minimum absolute atomic E-state index is 1.26. The van der Waals surface area contributed by atoms with Gasteiger partial charge < -0.3 is 0 Å². The van der Waals surface area contributed by atoms with E-state index in [9.17, 15) is 0 Å². The summed E-state index contributed by atoms with van der Waals surface area (Å²) >= 11 is 0. The van der Waals surface area contributed by atoms with Gasteiger partial charge in [0, 0.05) is 0 Å². The summed E-state index contributed by atoms with van der Waals surface area (Å²) in [5.41, 5.74) is 5.16. The number of hydrogen-bond acceptors (Lipinski definition) is 0. The van der Waals surface area contributed by atoms with Crippen LogP contribution in [0.1, 0.15) is 0 Å². The molecule has 11 aromatic rings. The first kappa shape index (κ1) is 24.4. The van der Waals surface area contributed by atoms with Gasteiger partial charge in [-0.25, -0.2) is 0 Å². The summed E-state index contributed by atoms with van der Waals surface area (Å²) in [6, 6.07) is 58.9. The molecule has 0 saturated carbocycles. The number of fused-ring (bicyclic) bond motifs is 9. The molecule has 0 amide bonds. The Labute approximate surface area is 265 Å². The van der Waals surface area contributed by atoms with Crippen molar-refractivity contribution in [1.29, 1.82) is 0 Å². The Morgan fingerprint density at radius 1 is 0.217 bits per heavy atom. The molecule has 0 spiro atoms. The van der Waals surface area contributed by atoms with E-state index in [4.69, 9.17) is 0 Å². The van der Waals surface area contributed by atoms with E-state index in [1.54, 1.807) is 0 Å². The Morgan fingerprint density at radius 2 is 0.674 bits per heavy atom. The van der Waals surface area contributed by atoms with Crippen LogP contribution < -0.4 is 0 Å². The van der Waals surface area contributed by atoms with Gasteiger partial charge in [-0.3, -0.25) is 0 Å². The summed E-state index contributed by atoms with van der Waals surface area (Å²) in [6.45, 7) is 0. The molecule has 0 atom stereocenters. The quantitative estimate of drug-likeness (QED) is 0.179. The predicted octanol–water partition coefficient (Wildman–Crippen LogP) is 13.1. The van der Waals surface area contributed by atoms with Crippen molar-refractivity contribution >= 4 is 86.2 Å². The lowest BCUT2D eigenvalue weighted by Crippen LogP contribution is -1.89. The van der Waals surface area contributed by atoms with Crippen molar-refractivity contribution in [3.8, 4) is 22.3 Å². The fraction of sp³-hybridized carbons (Fsp3) is 0. The number of rotatable bonds is 2. The normalized spacial score (nSPS) is 12.3. The molecule has 0 aliphatic heterocycles. The van der Waals surface area contributed by atoms with Crippen molar-refractivity contribution in [2.24, 2.45) is 0 Å². The van der Waals surface area contributed by atoms with Crippen molar-refractivity contribution in [3.63, 3.8) is 0 Å². The molecular weight excluding hydrogens is 553 g/mol. The first-order chi connectivity index (χ1) is 22.8. The molecule has 0 heteroatoms. The van der Waals surface area contributed by atoms with Crippen LogP contribution in [0.15, 0.2) is 158 Å². The van der Waals surface area contributed by atoms with Crippen LogP contribution >= 0.6 is 0 Å². The van der Waals surface area contributed by atoms with Crippen LogP contribution in [0.3, 0.4) is 0 Å². The Kier molecular flexibility index (Phi) is 4.66. The Hall–Kier alpha value is -5.98. The van der Waals surface area contributed by atoms with E-state index in [-0.39, 0.29) is 0 Å². The van der Waals surface area contributed by atoms with E-state index in [2.05, 4.69) is 158 Å². The summed E-state index contributed by atoms with van der Waals surface area (Å²) < 4.78 is 0. The van der Waals surface area contributed by atoms with Crippen LogP contribution in [0, 0.1) is 0 Å². The van der Waals surface area contributed by atoms with Crippen LogP contribution in [0.25, 0.3) is 108 Å². The predicted molar refractivity (Wildman–Crippen MR) is 200 cm³/mol. The second-order valence-corrected chi connectivity index (χ2v) is 12.8. The molecule has 11 rings (SSSR count). The van der Waals surface area contributed by atoms with E-state index in [0.717, 1.165) is 0 Å². The zero-order chi connectivity index (χ0) is 29.9. The molecule has 0 fully saturated rings. The summed E-state index contributed by atoms with van der Waals surface area (Å²) in [7, 11) is 0. The molecule has 0 aliphatic rings. The molecule has 0 N–H and O–H groups in total. The third kappa shape index (κ3) is 3.04. The van der Waals surface area contributed by atoms with E-state index in [1.807, 2.05) is 0 Å². The summed E-state index contributed by atoms with van der Waals surface area (Å²) in [5, 5.41) is 21.3. The van der Waals surface area contributed by atoms with Gasteiger partial charge in [-0.2, -0.15) is 0 Å². The smallest absolute Gasteiger partial charge is 0.000719 e. The van der Waals surface area contributed by atoms with Crippen LogP contribution in [0.4, 0.5) is 0 Å². The highest BCUT2D eigenvalue weighted by Crippen LogP contribution is 2.53. The van der Waals surface area contributed by atoms with Crippen molar-refractivity contribution in [1.82, 2.24) is 0 Å². The molecule has 0 radical (unpaired) electrons. The highest BCUT2D eigenvalue weighted by molar-refractivity contribution is 6.43. The second-order valence-electron chi connectivity index (χ2n) is 12.8. The molecule has 0 unspecified atom stereocenters. The molecule has 210 valence electrons. The van der Waals surface area contributed by atoms with E-state index in [1.165, 1.54) is 108 Å². The maximum Gasteiger partial charge on any atom is -0.000719 e. The first-order valence-corrected chi connectivity index (χ1v) is 16.1. The van der Waals surface area contributed by atoms with Gasteiger partial charge >= 0.3 is 0 Å². The summed E-state index contributed by atoms with van der Waals surface area (Å²) in [5.74, 6) is 0. The van der Waals surface area contributed by atoms with Gasteiger partial charge in [-0.15, -0.1) is 0 Å². The molecule has 0 aliphatic carbocycles. The third-order valence-corrected chi connectivity index (χ3v) is 10.5. The fourth-order valence-corrected chi connectivity index (χ4v) is 8.68. The number of hydrogen-bond donors (Lipinski definition) is 0. The van der Waals surface area contributed by atoms with Gasteiger partial charge in [0.2, 0.25) is 0 Å². The molecule has 0 saturated heterocycles. The SMILES string of the molecule is c1ccc(-c2c3cc4c(cc3c(-c3ccccc3)c3c5cc6ccccc6c6cccc(c23)c65)c2cccc3cccc4c32)cc1. The summed E-state index contributed by atoms with van der Waals surface area (Å²) in [6.07, 6.45) is 0.